The molecule has 2 aromatic rings. The third-order valence-electron chi connectivity index (χ3n) is 1.88. The van der Waals surface area contributed by atoms with Crippen LogP contribution in [0, 0.1) is 0 Å². The third-order valence-corrected chi connectivity index (χ3v) is 2.08. The van der Waals surface area contributed by atoms with Gasteiger partial charge in [-0.3, -0.25) is 4.68 Å². The molecule has 2 rings (SSSR count). The number of hydrogen-bond acceptors (Lipinski definition) is 3. The quantitative estimate of drug-likeness (QED) is 0.825. The van der Waals surface area contributed by atoms with Crippen molar-refractivity contribution in [1.29, 1.82) is 0 Å². The molecule has 0 aromatic carbocycles. The van der Waals surface area contributed by atoms with Crippen LogP contribution in [0.5, 0.6) is 0 Å². The number of nitrogens with zero attached hydrogens (tertiary/aromatic N) is 2. The first kappa shape index (κ1) is 9.30. The van der Waals surface area contributed by atoms with Crippen molar-refractivity contribution < 1.29 is 9.52 Å². The molecule has 0 aliphatic rings. The molecule has 0 amide bonds. The van der Waals surface area contributed by atoms with Crippen LogP contribution in [0.25, 0.3) is 0 Å². The fraction of sp³-hybridized carbons (Fsp3) is 0.222. The first-order chi connectivity index (χ1) is 6.66. The molecule has 1 N–H and O–H groups in total. The van der Waals surface area contributed by atoms with E-state index in [2.05, 4.69) is 5.10 Å². The van der Waals surface area contributed by atoms with Gasteiger partial charge >= 0.3 is 0 Å². The average Bonchev–Trinajstić information content (AvgIpc) is 2.73. The van der Waals surface area contributed by atoms with Gasteiger partial charge in [-0.25, -0.2) is 0 Å². The fourth-order valence-corrected chi connectivity index (χ4v) is 1.35. The Labute approximate surface area is 85.7 Å². The number of rotatable bonds is 2. The van der Waals surface area contributed by atoms with E-state index in [0.29, 0.717) is 11.5 Å². The summed E-state index contributed by atoms with van der Waals surface area (Å²) in [5, 5.41) is 14.1. The second kappa shape index (κ2) is 3.48. The van der Waals surface area contributed by atoms with Crippen molar-refractivity contribution in [3.8, 4) is 0 Å². The maximum absolute atomic E-state index is 9.79. The second-order valence-corrected chi connectivity index (χ2v) is 3.33. The molecule has 14 heavy (non-hydrogen) atoms. The standard InChI is InChI=1S/C9H9ClN2O2/c1-12-5-4-6(11-12)9(13)7-2-3-8(10)14-7/h2-5,9,13H,1H3. The molecule has 2 heterocycles. The van der Waals surface area contributed by atoms with Crippen LogP contribution in [0.15, 0.2) is 28.8 Å². The summed E-state index contributed by atoms with van der Waals surface area (Å²) in [5.41, 5.74) is 0.540. The average molecular weight is 213 g/mol. The van der Waals surface area contributed by atoms with Crippen molar-refractivity contribution in [2.24, 2.45) is 7.05 Å². The largest absolute Gasteiger partial charge is 0.447 e. The zero-order valence-electron chi connectivity index (χ0n) is 7.51. The van der Waals surface area contributed by atoms with E-state index >= 15 is 0 Å². The Morgan fingerprint density at radius 1 is 1.50 bits per heavy atom. The van der Waals surface area contributed by atoms with Gasteiger partial charge in [0.15, 0.2) is 11.3 Å². The Kier molecular flexibility index (Phi) is 2.31. The summed E-state index contributed by atoms with van der Waals surface area (Å²) >= 11 is 5.59. The molecule has 0 fully saturated rings. The predicted octanol–water partition coefficient (Wildman–Crippen LogP) is 1.75. The number of furan rings is 1. The lowest BCUT2D eigenvalue weighted by atomic mass is 10.2. The first-order valence-electron chi connectivity index (χ1n) is 4.09. The number of aliphatic hydroxyl groups is 1. The summed E-state index contributed by atoms with van der Waals surface area (Å²) in [6, 6.07) is 4.94. The molecular weight excluding hydrogens is 204 g/mol. The summed E-state index contributed by atoms with van der Waals surface area (Å²) in [6.07, 6.45) is 0.895. The normalized spacial score (nSPS) is 13.1. The highest BCUT2D eigenvalue weighted by Crippen LogP contribution is 2.24. The molecule has 0 aliphatic carbocycles. The number of halogens is 1. The molecule has 0 bridgehead atoms. The highest BCUT2D eigenvalue weighted by atomic mass is 35.5. The lowest BCUT2D eigenvalue weighted by molar-refractivity contribution is 0.184. The minimum absolute atomic E-state index is 0.259. The van der Waals surface area contributed by atoms with Crippen molar-refractivity contribution in [2.75, 3.05) is 0 Å². The van der Waals surface area contributed by atoms with Gasteiger partial charge < -0.3 is 9.52 Å². The Morgan fingerprint density at radius 2 is 2.29 bits per heavy atom. The summed E-state index contributed by atoms with van der Waals surface area (Å²) in [4.78, 5) is 0. The maximum atomic E-state index is 9.79. The molecular formula is C9H9ClN2O2. The van der Waals surface area contributed by atoms with E-state index in [4.69, 9.17) is 16.0 Å². The summed E-state index contributed by atoms with van der Waals surface area (Å²) < 4.78 is 6.69. The summed E-state index contributed by atoms with van der Waals surface area (Å²) in [7, 11) is 1.78. The van der Waals surface area contributed by atoms with Gasteiger partial charge in [-0.15, -0.1) is 0 Å². The summed E-state index contributed by atoms with van der Waals surface area (Å²) in [6.45, 7) is 0. The highest BCUT2D eigenvalue weighted by Gasteiger charge is 2.16. The maximum Gasteiger partial charge on any atom is 0.193 e. The zero-order chi connectivity index (χ0) is 10.1. The van der Waals surface area contributed by atoms with E-state index < -0.39 is 6.10 Å². The lowest BCUT2D eigenvalue weighted by Gasteiger charge is -2.02. The Balaban J connectivity index is 2.28. The van der Waals surface area contributed by atoms with E-state index in [1.54, 1.807) is 36.1 Å². The Morgan fingerprint density at radius 3 is 2.79 bits per heavy atom. The van der Waals surface area contributed by atoms with Gasteiger partial charge in [0, 0.05) is 13.2 Å². The van der Waals surface area contributed by atoms with Crippen LogP contribution >= 0.6 is 11.6 Å². The molecule has 2 aromatic heterocycles. The molecule has 0 saturated carbocycles. The topological polar surface area (TPSA) is 51.2 Å². The van der Waals surface area contributed by atoms with Gasteiger partial charge in [0.25, 0.3) is 0 Å². The molecule has 4 nitrogen and oxygen atoms in total. The van der Waals surface area contributed by atoms with Gasteiger partial charge in [0.05, 0.1) is 5.69 Å². The van der Waals surface area contributed by atoms with E-state index in [0.717, 1.165) is 0 Å². The van der Waals surface area contributed by atoms with Crippen LogP contribution in [-0.2, 0) is 7.05 Å². The fourth-order valence-electron chi connectivity index (χ4n) is 1.20. The zero-order valence-corrected chi connectivity index (χ0v) is 8.27. The SMILES string of the molecule is Cn1ccc(C(O)c2ccc(Cl)o2)n1. The van der Waals surface area contributed by atoms with Gasteiger partial charge in [0.1, 0.15) is 5.76 Å². The van der Waals surface area contributed by atoms with Crippen molar-refractivity contribution >= 4 is 11.6 Å². The van der Waals surface area contributed by atoms with E-state index in [-0.39, 0.29) is 5.22 Å². The minimum Gasteiger partial charge on any atom is -0.447 e. The van der Waals surface area contributed by atoms with Crippen molar-refractivity contribution in [1.82, 2.24) is 9.78 Å². The second-order valence-electron chi connectivity index (χ2n) is 2.96. The van der Waals surface area contributed by atoms with Crippen LogP contribution in [0.3, 0.4) is 0 Å². The Hall–Kier alpha value is -1.26. The highest BCUT2D eigenvalue weighted by molar-refractivity contribution is 6.28. The molecule has 0 saturated heterocycles. The first-order valence-corrected chi connectivity index (χ1v) is 4.47. The number of aromatic nitrogens is 2. The van der Waals surface area contributed by atoms with Gasteiger partial charge in [0.2, 0.25) is 0 Å². The minimum atomic E-state index is -0.858. The van der Waals surface area contributed by atoms with E-state index in [1.165, 1.54) is 0 Å². The van der Waals surface area contributed by atoms with E-state index in [9.17, 15) is 5.11 Å². The molecule has 1 unspecified atom stereocenters. The monoisotopic (exact) mass is 212 g/mol. The molecule has 74 valence electrons. The Bertz CT molecular complexity index is 395. The summed E-state index contributed by atoms with van der Waals surface area (Å²) in [5.74, 6) is 0.397. The number of aliphatic hydroxyl groups excluding tert-OH is 1. The molecule has 0 radical (unpaired) electrons. The van der Waals surface area contributed by atoms with Gasteiger partial charge in [-0.05, 0) is 29.8 Å². The third kappa shape index (κ3) is 1.66. The number of hydrogen-bond donors (Lipinski definition) is 1. The van der Waals surface area contributed by atoms with Crippen molar-refractivity contribution in [2.45, 2.75) is 6.10 Å². The van der Waals surface area contributed by atoms with Crippen LogP contribution in [0.2, 0.25) is 5.22 Å². The number of aryl methyl sites for hydroxylation is 1. The van der Waals surface area contributed by atoms with Crippen LogP contribution < -0.4 is 0 Å². The van der Waals surface area contributed by atoms with Crippen molar-refractivity contribution in [3.63, 3.8) is 0 Å². The van der Waals surface area contributed by atoms with Crippen LogP contribution in [-0.4, -0.2) is 14.9 Å². The van der Waals surface area contributed by atoms with Crippen molar-refractivity contribution in [3.05, 3.63) is 41.1 Å². The predicted molar refractivity (Wildman–Crippen MR) is 51.0 cm³/mol. The molecule has 5 heteroatoms. The van der Waals surface area contributed by atoms with Gasteiger partial charge in [-0.2, -0.15) is 5.10 Å². The smallest absolute Gasteiger partial charge is 0.193 e. The van der Waals surface area contributed by atoms with Crippen LogP contribution in [0.1, 0.15) is 17.6 Å². The molecule has 1 atom stereocenters. The van der Waals surface area contributed by atoms with E-state index in [1.807, 2.05) is 0 Å². The lowest BCUT2D eigenvalue weighted by Crippen LogP contribution is -2.00. The van der Waals surface area contributed by atoms with Gasteiger partial charge in [-0.1, -0.05) is 0 Å². The van der Waals surface area contributed by atoms with Crippen LogP contribution in [0.4, 0.5) is 0 Å². The molecule has 0 aliphatic heterocycles. The molecule has 0 spiro atoms.